The highest BCUT2D eigenvalue weighted by Gasteiger charge is 2.18. The second-order valence-electron chi connectivity index (χ2n) is 6.25. The fourth-order valence-corrected chi connectivity index (χ4v) is 3.07. The van der Waals surface area contributed by atoms with Gasteiger partial charge >= 0.3 is 0 Å². The first-order valence-electron chi connectivity index (χ1n) is 8.63. The van der Waals surface area contributed by atoms with Crippen molar-refractivity contribution >= 4 is 22.6 Å². The van der Waals surface area contributed by atoms with Crippen LogP contribution in [0.2, 0.25) is 0 Å². The fourth-order valence-electron chi connectivity index (χ4n) is 3.07. The van der Waals surface area contributed by atoms with E-state index in [4.69, 9.17) is 4.42 Å². The normalized spacial score (nSPS) is 10.7. The lowest BCUT2D eigenvalue weighted by molar-refractivity contribution is 0.102. The van der Waals surface area contributed by atoms with Gasteiger partial charge in [0.15, 0.2) is 11.0 Å². The van der Waals surface area contributed by atoms with E-state index in [1.807, 2.05) is 48.5 Å². The summed E-state index contributed by atoms with van der Waals surface area (Å²) in [6.45, 7) is 1.74. The van der Waals surface area contributed by atoms with Crippen molar-refractivity contribution in [2.24, 2.45) is 0 Å². The molecule has 0 unspecified atom stereocenters. The summed E-state index contributed by atoms with van der Waals surface area (Å²) in [6, 6.07) is 23.6. The molecule has 0 fully saturated rings. The number of para-hydroxylation sites is 2. The lowest BCUT2D eigenvalue weighted by atomic mass is 10.0. The first-order valence-corrected chi connectivity index (χ1v) is 8.63. The van der Waals surface area contributed by atoms with Crippen LogP contribution in [0.15, 0.2) is 88.1 Å². The Bertz CT molecular complexity index is 1180. The number of carbonyl (C=O) groups excluding carboxylic acids is 1. The average Bonchev–Trinajstić information content (AvgIpc) is 2.71. The molecule has 0 aliphatic rings. The van der Waals surface area contributed by atoms with Crippen LogP contribution in [-0.2, 0) is 0 Å². The highest BCUT2D eigenvalue weighted by Crippen LogP contribution is 2.27. The molecule has 1 N–H and O–H groups in total. The minimum atomic E-state index is -0.321. The monoisotopic (exact) mass is 355 g/mol. The van der Waals surface area contributed by atoms with Crippen LogP contribution in [0.1, 0.15) is 15.9 Å². The van der Waals surface area contributed by atoms with Gasteiger partial charge in [-0.15, -0.1) is 0 Å². The van der Waals surface area contributed by atoms with Gasteiger partial charge in [-0.05, 0) is 31.2 Å². The third-order valence-electron chi connectivity index (χ3n) is 4.46. The quantitative estimate of drug-likeness (QED) is 0.561. The molecule has 0 saturated heterocycles. The number of hydrogen-bond donors (Lipinski definition) is 1. The molecule has 0 radical (unpaired) electrons. The summed E-state index contributed by atoms with van der Waals surface area (Å²) in [7, 11) is 0. The number of hydrogen-bond acceptors (Lipinski definition) is 3. The molecule has 4 nitrogen and oxygen atoms in total. The fraction of sp³-hybridized carbons (Fsp3) is 0.0435. The van der Waals surface area contributed by atoms with Gasteiger partial charge in [-0.2, -0.15) is 0 Å². The van der Waals surface area contributed by atoms with Crippen LogP contribution in [0.4, 0.5) is 5.69 Å². The van der Waals surface area contributed by atoms with Gasteiger partial charge in [0, 0.05) is 16.8 Å². The van der Waals surface area contributed by atoms with E-state index in [-0.39, 0.29) is 11.3 Å². The van der Waals surface area contributed by atoms with Gasteiger partial charge < -0.3 is 9.73 Å². The summed E-state index contributed by atoms with van der Waals surface area (Å²) >= 11 is 0. The van der Waals surface area contributed by atoms with Gasteiger partial charge in [-0.3, -0.25) is 9.59 Å². The number of rotatable bonds is 3. The Morgan fingerprint density at radius 2 is 1.52 bits per heavy atom. The van der Waals surface area contributed by atoms with Gasteiger partial charge in [-0.25, -0.2) is 0 Å². The van der Waals surface area contributed by atoms with Crippen molar-refractivity contribution in [3.05, 3.63) is 100 Å². The molecule has 1 amide bonds. The maximum Gasteiger partial charge on any atom is 0.259 e. The second-order valence-corrected chi connectivity index (χ2v) is 6.25. The van der Waals surface area contributed by atoms with E-state index in [9.17, 15) is 9.59 Å². The van der Waals surface area contributed by atoms with Gasteiger partial charge in [-0.1, -0.05) is 54.6 Å². The van der Waals surface area contributed by atoms with Crippen LogP contribution in [0.3, 0.4) is 0 Å². The maximum absolute atomic E-state index is 12.9. The van der Waals surface area contributed by atoms with Crippen LogP contribution in [0.5, 0.6) is 0 Å². The third kappa shape index (κ3) is 3.13. The Morgan fingerprint density at radius 3 is 2.22 bits per heavy atom. The summed E-state index contributed by atoms with van der Waals surface area (Å²) < 4.78 is 6.09. The molecular weight excluding hydrogens is 338 g/mol. The maximum atomic E-state index is 12.9. The third-order valence-corrected chi connectivity index (χ3v) is 4.46. The molecule has 132 valence electrons. The Hall–Kier alpha value is -3.66. The SMILES string of the molecule is Cc1c(-c2ccccc2)oc2c(C(=O)Nc3ccccc3)cccc2c1=O. The molecule has 4 aromatic rings. The van der Waals surface area contributed by atoms with Crippen molar-refractivity contribution < 1.29 is 9.21 Å². The minimum Gasteiger partial charge on any atom is -0.455 e. The van der Waals surface area contributed by atoms with Crippen LogP contribution >= 0.6 is 0 Å². The number of carbonyl (C=O) groups is 1. The highest BCUT2D eigenvalue weighted by molar-refractivity contribution is 6.11. The van der Waals surface area contributed by atoms with Crippen molar-refractivity contribution in [3.8, 4) is 11.3 Å². The van der Waals surface area contributed by atoms with E-state index in [2.05, 4.69) is 5.32 Å². The zero-order chi connectivity index (χ0) is 18.8. The smallest absolute Gasteiger partial charge is 0.259 e. The molecule has 0 aliphatic carbocycles. The van der Waals surface area contributed by atoms with Crippen molar-refractivity contribution in [3.63, 3.8) is 0 Å². The Kier molecular flexibility index (Phi) is 4.30. The van der Waals surface area contributed by atoms with E-state index in [0.717, 1.165) is 5.56 Å². The molecule has 0 bridgehead atoms. The standard InChI is InChI=1S/C23H17NO3/c1-15-20(25)18-13-8-14-19(23(26)24-17-11-6-3-7-12-17)22(18)27-21(15)16-9-4-2-5-10-16/h2-14H,1H3,(H,24,26). The van der Waals surface area contributed by atoms with Gasteiger partial charge in [0.05, 0.1) is 10.9 Å². The molecule has 1 heterocycles. The van der Waals surface area contributed by atoms with Crippen molar-refractivity contribution in [2.45, 2.75) is 6.92 Å². The van der Waals surface area contributed by atoms with E-state index in [0.29, 0.717) is 33.5 Å². The van der Waals surface area contributed by atoms with Crippen LogP contribution in [-0.4, -0.2) is 5.91 Å². The van der Waals surface area contributed by atoms with Gasteiger partial charge in [0.25, 0.3) is 5.91 Å². The molecule has 0 saturated carbocycles. The predicted molar refractivity (Wildman–Crippen MR) is 107 cm³/mol. The van der Waals surface area contributed by atoms with Gasteiger partial charge in [0.1, 0.15) is 5.76 Å². The largest absolute Gasteiger partial charge is 0.455 e. The lowest BCUT2D eigenvalue weighted by Crippen LogP contribution is -2.14. The molecule has 4 rings (SSSR count). The first-order chi connectivity index (χ1) is 13.1. The summed E-state index contributed by atoms with van der Waals surface area (Å²) in [5.74, 6) is 0.158. The Labute approximate surface area is 156 Å². The molecule has 0 aliphatic heterocycles. The molecule has 3 aromatic carbocycles. The minimum absolute atomic E-state index is 0.135. The molecule has 1 aromatic heterocycles. The number of benzene rings is 3. The molecular formula is C23H17NO3. The molecule has 0 atom stereocenters. The zero-order valence-corrected chi connectivity index (χ0v) is 14.7. The van der Waals surface area contributed by atoms with E-state index in [1.165, 1.54) is 0 Å². The second kappa shape index (κ2) is 6.92. The summed E-state index contributed by atoms with van der Waals surface area (Å²) in [5, 5.41) is 3.24. The summed E-state index contributed by atoms with van der Waals surface area (Å²) in [5.41, 5.74) is 2.48. The van der Waals surface area contributed by atoms with E-state index in [1.54, 1.807) is 37.3 Å². The van der Waals surface area contributed by atoms with Crippen LogP contribution in [0, 0.1) is 6.92 Å². The van der Waals surface area contributed by atoms with Crippen molar-refractivity contribution in [1.29, 1.82) is 0 Å². The molecule has 27 heavy (non-hydrogen) atoms. The molecule has 0 spiro atoms. The van der Waals surface area contributed by atoms with E-state index < -0.39 is 0 Å². The van der Waals surface area contributed by atoms with Gasteiger partial charge in [0.2, 0.25) is 0 Å². The number of fused-ring (bicyclic) bond motifs is 1. The Morgan fingerprint density at radius 1 is 0.852 bits per heavy atom. The van der Waals surface area contributed by atoms with Crippen molar-refractivity contribution in [1.82, 2.24) is 0 Å². The average molecular weight is 355 g/mol. The van der Waals surface area contributed by atoms with Crippen LogP contribution < -0.4 is 10.7 Å². The topological polar surface area (TPSA) is 59.3 Å². The highest BCUT2D eigenvalue weighted by atomic mass is 16.3. The predicted octanol–water partition coefficient (Wildman–Crippen LogP) is 5.02. The van der Waals surface area contributed by atoms with E-state index >= 15 is 0 Å². The Balaban J connectivity index is 1.88. The van der Waals surface area contributed by atoms with Crippen molar-refractivity contribution in [2.75, 3.05) is 5.32 Å². The lowest BCUT2D eigenvalue weighted by Gasteiger charge is -2.11. The zero-order valence-electron chi connectivity index (χ0n) is 14.7. The number of nitrogens with one attached hydrogen (secondary N) is 1. The van der Waals surface area contributed by atoms with Crippen LogP contribution in [0.25, 0.3) is 22.3 Å². The molecule has 4 heteroatoms. The number of anilines is 1. The summed E-state index contributed by atoms with van der Waals surface area (Å²) in [6.07, 6.45) is 0. The summed E-state index contributed by atoms with van der Waals surface area (Å²) in [4.78, 5) is 25.7. The number of amides is 1. The first kappa shape index (κ1) is 16.8.